The molecule has 0 aromatic carbocycles. The molecule has 4 nitrogen and oxygen atoms in total. The molecule has 3 rings (SSSR count). The van der Waals surface area contributed by atoms with E-state index >= 15 is 0 Å². The normalized spacial score (nSPS) is 41.4. The second kappa shape index (κ2) is 4.56. The van der Waals surface area contributed by atoms with Crippen LogP contribution in [0.25, 0.3) is 0 Å². The van der Waals surface area contributed by atoms with Gasteiger partial charge < -0.3 is 10.4 Å². The Hall–Kier alpha value is -1.06. The molecule has 3 aliphatic carbocycles. The number of nitrogens with one attached hydrogen (secondary N) is 1. The van der Waals surface area contributed by atoms with Gasteiger partial charge in [0.1, 0.15) is 0 Å². The van der Waals surface area contributed by atoms with Gasteiger partial charge >= 0.3 is 5.97 Å². The number of rotatable bonds is 4. The van der Waals surface area contributed by atoms with Gasteiger partial charge in [0.15, 0.2) is 0 Å². The summed E-state index contributed by atoms with van der Waals surface area (Å²) in [6, 6.07) is 0. The third-order valence-electron chi connectivity index (χ3n) is 5.22. The number of carbonyl (C=O) groups excluding carboxylic acids is 1. The lowest BCUT2D eigenvalue weighted by Gasteiger charge is -2.16. The predicted octanol–water partition coefficient (Wildman–Crippen LogP) is 1.65. The minimum absolute atomic E-state index is 0.144. The minimum atomic E-state index is -0.699. The van der Waals surface area contributed by atoms with Crippen LogP contribution in [0.5, 0.6) is 0 Å². The third kappa shape index (κ3) is 2.02. The molecule has 0 saturated heterocycles. The summed E-state index contributed by atoms with van der Waals surface area (Å²) in [5, 5.41) is 12.1. The highest BCUT2D eigenvalue weighted by Crippen LogP contribution is 2.57. The molecule has 1 amide bonds. The van der Waals surface area contributed by atoms with Crippen molar-refractivity contribution in [1.82, 2.24) is 5.32 Å². The van der Waals surface area contributed by atoms with Crippen LogP contribution in [0.3, 0.4) is 0 Å². The molecule has 0 aliphatic heterocycles. The van der Waals surface area contributed by atoms with E-state index in [4.69, 9.17) is 5.11 Å². The van der Waals surface area contributed by atoms with E-state index in [1.54, 1.807) is 0 Å². The maximum absolute atomic E-state index is 12.0. The first-order valence-corrected chi connectivity index (χ1v) is 7.19. The van der Waals surface area contributed by atoms with Gasteiger partial charge in [-0.1, -0.05) is 12.8 Å². The van der Waals surface area contributed by atoms with Crippen molar-refractivity contribution in [3.63, 3.8) is 0 Å². The third-order valence-corrected chi connectivity index (χ3v) is 5.22. The summed E-state index contributed by atoms with van der Waals surface area (Å²) < 4.78 is 0. The van der Waals surface area contributed by atoms with Crippen LogP contribution in [0.1, 0.15) is 38.5 Å². The van der Waals surface area contributed by atoms with Crippen LogP contribution >= 0.6 is 0 Å². The average molecular weight is 251 g/mol. The van der Waals surface area contributed by atoms with Crippen LogP contribution in [-0.4, -0.2) is 23.5 Å². The Morgan fingerprint density at radius 2 is 1.72 bits per heavy atom. The SMILES string of the molecule is O=C(O)C1CCCC1CNC(=O)C1C2CCCC21. The Bertz CT molecular complexity index is 358. The van der Waals surface area contributed by atoms with Crippen molar-refractivity contribution < 1.29 is 14.7 Å². The summed E-state index contributed by atoms with van der Waals surface area (Å²) in [5.74, 6) is 0.918. The van der Waals surface area contributed by atoms with E-state index in [0.717, 1.165) is 19.3 Å². The molecule has 4 heteroatoms. The smallest absolute Gasteiger partial charge is 0.306 e. The van der Waals surface area contributed by atoms with Crippen molar-refractivity contribution in [1.29, 1.82) is 0 Å². The predicted molar refractivity (Wildman–Crippen MR) is 65.8 cm³/mol. The Labute approximate surface area is 107 Å². The molecule has 3 fully saturated rings. The van der Waals surface area contributed by atoms with Crippen molar-refractivity contribution in [3.05, 3.63) is 0 Å². The number of hydrogen-bond donors (Lipinski definition) is 2. The zero-order valence-corrected chi connectivity index (χ0v) is 10.6. The molecule has 3 aliphatic rings. The number of fused-ring (bicyclic) bond motifs is 1. The number of carboxylic acid groups (broad SMARTS) is 1. The molecule has 0 spiro atoms. The van der Waals surface area contributed by atoms with Crippen LogP contribution in [0.2, 0.25) is 0 Å². The summed E-state index contributed by atoms with van der Waals surface area (Å²) >= 11 is 0. The lowest BCUT2D eigenvalue weighted by molar-refractivity contribution is -0.143. The highest BCUT2D eigenvalue weighted by atomic mass is 16.4. The van der Waals surface area contributed by atoms with Crippen LogP contribution in [0.15, 0.2) is 0 Å². The van der Waals surface area contributed by atoms with E-state index in [1.807, 2.05) is 0 Å². The summed E-state index contributed by atoms with van der Waals surface area (Å²) in [6.45, 7) is 0.561. The first-order chi connectivity index (χ1) is 8.68. The Balaban J connectivity index is 1.47. The van der Waals surface area contributed by atoms with Crippen molar-refractivity contribution >= 4 is 11.9 Å². The topological polar surface area (TPSA) is 66.4 Å². The monoisotopic (exact) mass is 251 g/mol. The minimum Gasteiger partial charge on any atom is -0.481 e. The molecule has 0 heterocycles. The van der Waals surface area contributed by atoms with Crippen molar-refractivity contribution in [3.8, 4) is 0 Å². The van der Waals surface area contributed by atoms with Gasteiger partial charge in [-0.2, -0.15) is 0 Å². The Morgan fingerprint density at radius 1 is 1.06 bits per heavy atom. The maximum Gasteiger partial charge on any atom is 0.306 e. The van der Waals surface area contributed by atoms with Gasteiger partial charge in [0.05, 0.1) is 5.92 Å². The van der Waals surface area contributed by atoms with Crippen molar-refractivity contribution in [2.45, 2.75) is 38.5 Å². The van der Waals surface area contributed by atoms with Crippen LogP contribution in [-0.2, 0) is 9.59 Å². The first kappa shape index (κ1) is 12.0. The fourth-order valence-electron chi connectivity index (χ4n) is 4.17. The molecule has 4 atom stereocenters. The maximum atomic E-state index is 12.0. The molecule has 18 heavy (non-hydrogen) atoms. The first-order valence-electron chi connectivity index (χ1n) is 7.19. The molecule has 0 aromatic rings. The average Bonchev–Trinajstić information content (AvgIpc) is 2.74. The highest BCUT2D eigenvalue weighted by Gasteiger charge is 2.56. The van der Waals surface area contributed by atoms with Crippen molar-refractivity contribution in [2.24, 2.45) is 29.6 Å². The summed E-state index contributed by atoms with van der Waals surface area (Å²) in [5.41, 5.74) is 0. The standard InChI is InChI=1S/C14H21NO3/c16-13(12-10-5-2-6-11(10)12)15-7-8-3-1-4-9(8)14(17)18/h8-12H,1-7H2,(H,15,16)(H,17,18). The summed E-state index contributed by atoms with van der Waals surface area (Å²) in [4.78, 5) is 23.0. The Morgan fingerprint density at radius 3 is 2.39 bits per heavy atom. The lowest BCUT2D eigenvalue weighted by atomic mass is 9.96. The van der Waals surface area contributed by atoms with Gasteiger partial charge in [0, 0.05) is 12.5 Å². The van der Waals surface area contributed by atoms with Gasteiger partial charge in [0.2, 0.25) is 5.91 Å². The molecular weight excluding hydrogens is 230 g/mol. The zero-order chi connectivity index (χ0) is 12.7. The number of amides is 1. The van der Waals surface area contributed by atoms with Crippen LogP contribution < -0.4 is 5.32 Å². The van der Waals surface area contributed by atoms with Gasteiger partial charge in [0.25, 0.3) is 0 Å². The molecular formula is C14H21NO3. The largest absolute Gasteiger partial charge is 0.481 e. The van der Waals surface area contributed by atoms with Gasteiger partial charge in [-0.05, 0) is 43.4 Å². The van der Waals surface area contributed by atoms with Crippen LogP contribution in [0.4, 0.5) is 0 Å². The lowest BCUT2D eigenvalue weighted by Crippen LogP contribution is -2.34. The highest BCUT2D eigenvalue weighted by molar-refractivity contribution is 5.82. The van der Waals surface area contributed by atoms with E-state index in [0.29, 0.717) is 18.4 Å². The summed E-state index contributed by atoms with van der Waals surface area (Å²) in [7, 11) is 0. The van der Waals surface area contributed by atoms with Gasteiger partial charge in [-0.15, -0.1) is 0 Å². The number of aliphatic carboxylic acids is 1. The number of carboxylic acids is 1. The fraction of sp³-hybridized carbons (Fsp3) is 0.857. The summed E-state index contributed by atoms with van der Waals surface area (Å²) in [6.07, 6.45) is 6.39. The Kier molecular flexibility index (Phi) is 3.04. The van der Waals surface area contributed by atoms with Crippen molar-refractivity contribution in [2.75, 3.05) is 6.54 Å². The van der Waals surface area contributed by atoms with E-state index < -0.39 is 5.97 Å². The molecule has 100 valence electrons. The van der Waals surface area contributed by atoms with E-state index in [-0.39, 0.29) is 23.7 Å². The molecule has 0 radical (unpaired) electrons. The quantitative estimate of drug-likeness (QED) is 0.798. The molecule has 2 N–H and O–H groups in total. The molecule has 4 unspecified atom stereocenters. The molecule has 0 bridgehead atoms. The van der Waals surface area contributed by atoms with E-state index in [1.165, 1.54) is 19.3 Å². The molecule has 3 saturated carbocycles. The fourth-order valence-corrected chi connectivity index (χ4v) is 4.17. The second-order valence-corrected chi connectivity index (χ2v) is 6.17. The van der Waals surface area contributed by atoms with Gasteiger partial charge in [-0.25, -0.2) is 0 Å². The zero-order valence-electron chi connectivity index (χ0n) is 10.6. The van der Waals surface area contributed by atoms with E-state index in [9.17, 15) is 9.59 Å². The van der Waals surface area contributed by atoms with E-state index in [2.05, 4.69) is 5.32 Å². The number of hydrogen-bond acceptors (Lipinski definition) is 2. The van der Waals surface area contributed by atoms with Crippen LogP contribution in [0, 0.1) is 29.6 Å². The number of carbonyl (C=O) groups is 2. The van der Waals surface area contributed by atoms with Gasteiger partial charge in [-0.3, -0.25) is 9.59 Å². The molecule has 0 aromatic heterocycles. The second-order valence-electron chi connectivity index (χ2n) is 6.17.